The third kappa shape index (κ3) is 1.87. The Morgan fingerprint density at radius 3 is 2.47 bits per heavy atom. The van der Waals surface area contributed by atoms with E-state index in [1.807, 2.05) is 10.3 Å². The van der Waals surface area contributed by atoms with Crippen molar-refractivity contribution in [1.29, 1.82) is 0 Å². The Bertz CT molecular complexity index is 491. The zero-order valence-electron chi connectivity index (χ0n) is 10.7. The number of amides is 2. The van der Waals surface area contributed by atoms with Gasteiger partial charge in [0.1, 0.15) is 0 Å². The fraction of sp³-hybridized carbons (Fsp3) is 0.571. The molecule has 0 unspecified atom stereocenters. The van der Waals surface area contributed by atoms with Gasteiger partial charge in [0.25, 0.3) is 0 Å². The van der Waals surface area contributed by atoms with E-state index in [0.29, 0.717) is 28.8 Å². The summed E-state index contributed by atoms with van der Waals surface area (Å²) in [5.74, 6) is 2.77. The van der Waals surface area contributed by atoms with Crippen LogP contribution in [0.1, 0.15) is 12.8 Å². The van der Waals surface area contributed by atoms with Gasteiger partial charge in [0.05, 0.1) is 0 Å². The monoisotopic (exact) mass is 275 g/mol. The molecule has 2 amide bonds. The van der Waals surface area contributed by atoms with Crippen LogP contribution in [0.3, 0.4) is 0 Å². The molecule has 4 atom stereocenters. The lowest BCUT2D eigenvalue weighted by Gasteiger charge is -2.40. The number of rotatable bonds is 1. The minimum atomic E-state index is 0.0174. The first-order valence-electron chi connectivity index (χ1n) is 6.95. The molecule has 2 heterocycles. The quantitative estimate of drug-likeness (QED) is 0.801. The number of urea groups is 1. The molecule has 5 rings (SSSR count). The Morgan fingerprint density at radius 2 is 1.95 bits per heavy atom. The van der Waals surface area contributed by atoms with Crippen LogP contribution in [0.5, 0.6) is 0 Å². The molecule has 4 aliphatic rings. The van der Waals surface area contributed by atoms with E-state index in [9.17, 15) is 4.79 Å². The minimum absolute atomic E-state index is 0.0174. The highest BCUT2D eigenvalue weighted by Crippen LogP contribution is 2.48. The molecule has 1 aromatic heterocycles. The van der Waals surface area contributed by atoms with Crippen LogP contribution in [-0.4, -0.2) is 29.0 Å². The Morgan fingerprint density at radius 1 is 1.26 bits per heavy atom. The van der Waals surface area contributed by atoms with Crippen LogP contribution in [0, 0.1) is 23.7 Å². The smallest absolute Gasteiger partial charge is 0.323 e. The maximum atomic E-state index is 12.3. The van der Waals surface area contributed by atoms with Crippen LogP contribution < -0.4 is 5.32 Å². The number of carbonyl (C=O) groups excluding carboxylic acids is 1. The number of anilines is 1. The molecule has 1 aliphatic heterocycles. The molecule has 0 aromatic carbocycles. The molecule has 1 aromatic rings. The average Bonchev–Trinajstić information content (AvgIpc) is 3.09. The normalized spacial score (nSPS) is 35.5. The van der Waals surface area contributed by atoms with E-state index in [0.717, 1.165) is 13.1 Å². The number of allylic oxidation sites excluding steroid dienone is 2. The number of nitrogens with one attached hydrogen (secondary N) is 1. The Labute approximate surface area is 116 Å². The first kappa shape index (κ1) is 11.5. The lowest BCUT2D eigenvalue weighted by atomic mass is 9.64. The molecular weight excluding hydrogens is 258 g/mol. The van der Waals surface area contributed by atoms with Gasteiger partial charge in [-0.15, -0.1) is 11.3 Å². The fourth-order valence-electron chi connectivity index (χ4n) is 3.96. The second kappa shape index (κ2) is 4.34. The van der Waals surface area contributed by atoms with Crippen molar-refractivity contribution in [2.75, 3.05) is 18.4 Å². The van der Waals surface area contributed by atoms with E-state index in [2.05, 4.69) is 22.5 Å². The first-order valence-corrected chi connectivity index (χ1v) is 7.83. The molecule has 100 valence electrons. The lowest BCUT2D eigenvalue weighted by Crippen LogP contribution is -2.35. The van der Waals surface area contributed by atoms with Gasteiger partial charge in [-0.05, 0) is 36.5 Å². The predicted octanol–water partition coefficient (Wildman–Crippen LogP) is 2.82. The van der Waals surface area contributed by atoms with Crippen molar-refractivity contribution in [3.8, 4) is 0 Å². The number of nitrogens with zero attached hydrogens (tertiary/aromatic N) is 2. The molecule has 0 spiro atoms. The zero-order chi connectivity index (χ0) is 12.8. The number of aromatic nitrogens is 1. The van der Waals surface area contributed by atoms with E-state index in [1.165, 1.54) is 24.2 Å². The number of hydrogen-bond donors (Lipinski definition) is 1. The summed E-state index contributed by atoms with van der Waals surface area (Å²) in [7, 11) is 0. The highest BCUT2D eigenvalue weighted by atomic mass is 32.1. The molecule has 0 radical (unpaired) electrons. The molecule has 1 N–H and O–H groups in total. The number of carbonyl (C=O) groups is 1. The summed E-state index contributed by atoms with van der Waals surface area (Å²) in [5.41, 5.74) is 0. The van der Waals surface area contributed by atoms with Gasteiger partial charge in [-0.3, -0.25) is 5.32 Å². The van der Waals surface area contributed by atoms with E-state index in [-0.39, 0.29) is 6.03 Å². The number of thiazole rings is 1. The summed E-state index contributed by atoms with van der Waals surface area (Å²) in [6.07, 6.45) is 9.11. The van der Waals surface area contributed by atoms with Crippen LogP contribution in [0.2, 0.25) is 0 Å². The minimum Gasteiger partial charge on any atom is -0.324 e. The second-order valence-corrected chi connectivity index (χ2v) is 6.68. The van der Waals surface area contributed by atoms with Gasteiger partial charge in [-0.25, -0.2) is 9.78 Å². The van der Waals surface area contributed by atoms with Crippen molar-refractivity contribution in [3.63, 3.8) is 0 Å². The van der Waals surface area contributed by atoms with Crippen molar-refractivity contribution in [2.24, 2.45) is 23.7 Å². The number of fused-ring (bicyclic) bond motifs is 1. The predicted molar refractivity (Wildman–Crippen MR) is 75.0 cm³/mol. The SMILES string of the molecule is O=C(Nc1nccs1)N1C[C@@H]2[C@H](C1)[C@H]1C=C[C@@H]2CC1. The Kier molecular flexibility index (Phi) is 2.62. The Hall–Kier alpha value is -1.36. The first-order chi connectivity index (χ1) is 9.31. The van der Waals surface area contributed by atoms with Crippen molar-refractivity contribution in [1.82, 2.24) is 9.88 Å². The molecule has 4 nitrogen and oxygen atoms in total. The van der Waals surface area contributed by atoms with Crippen LogP contribution in [-0.2, 0) is 0 Å². The molecule has 3 aliphatic carbocycles. The van der Waals surface area contributed by atoms with Gasteiger partial charge in [0.2, 0.25) is 0 Å². The number of hydrogen-bond acceptors (Lipinski definition) is 3. The average molecular weight is 275 g/mol. The zero-order valence-corrected chi connectivity index (χ0v) is 11.5. The third-order valence-electron chi connectivity index (χ3n) is 4.88. The van der Waals surface area contributed by atoms with Gasteiger partial charge >= 0.3 is 6.03 Å². The van der Waals surface area contributed by atoms with Crippen molar-refractivity contribution < 1.29 is 4.79 Å². The van der Waals surface area contributed by atoms with E-state index in [4.69, 9.17) is 0 Å². The van der Waals surface area contributed by atoms with Gasteiger partial charge in [-0.2, -0.15) is 0 Å². The molecule has 2 bridgehead atoms. The second-order valence-electron chi connectivity index (χ2n) is 5.79. The third-order valence-corrected chi connectivity index (χ3v) is 5.57. The summed E-state index contributed by atoms with van der Waals surface area (Å²) < 4.78 is 0. The topological polar surface area (TPSA) is 45.2 Å². The standard InChI is InChI=1S/C14H17N3OS/c18-14(16-13-15-5-6-19-13)17-7-11-9-1-2-10(4-3-9)12(11)8-17/h1-2,5-6,9-12H,3-4,7-8H2,(H,15,16,18)/t9-,10+,11+,12-. The molecule has 1 saturated heterocycles. The summed E-state index contributed by atoms with van der Waals surface area (Å²) >= 11 is 1.47. The molecular formula is C14H17N3OS. The molecule has 5 heteroatoms. The molecule has 19 heavy (non-hydrogen) atoms. The van der Waals surface area contributed by atoms with Crippen LogP contribution >= 0.6 is 11.3 Å². The summed E-state index contributed by atoms with van der Waals surface area (Å²) in [6, 6.07) is 0.0174. The van der Waals surface area contributed by atoms with E-state index < -0.39 is 0 Å². The van der Waals surface area contributed by atoms with Gasteiger partial charge in [0, 0.05) is 24.7 Å². The van der Waals surface area contributed by atoms with Gasteiger partial charge in [-0.1, -0.05) is 12.2 Å². The van der Waals surface area contributed by atoms with Crippen molar-refractivity contribution in [2.45, 2.75) is 12.8 Å². The number of likely N-dealkylation sites (tertiary alicyclic amines) is 1. The molecule has 1 saturated carbocycles. The summed E-state index contributed by atoms with van der Waals surface area (Å²) in [5, 5.41) is 5.47. The van der Waals surface area contributed by atoms with Crippen LogP contribution in [0.4, 0.5) is 9.93 Å². The van der Waals surface area contributed by atoms with Crippen LogP contribution in [0.25, 0.3) is 0 Å². The van der Waals surface area contributed by atoms with Crippen molar-refractivity contribution >= 4 is 22.5 Å². The van der Waals surface area contributed by atoms with E-state index >= 15 is 0 Å². The van der Waals surface area contributed by atoms with Gasteiger partial charge < -0.3 is 4.90 Å². The highest BCUT2D eigenvalue weighted by molar-refractivity contribution is 7.13. The summed E-state index contributed by atoms with van der Waals surface area (Å²) in [4.78, 5) is 18.3. The molecule has 2 fully saturated rings. The highest BCUT2D eigenvalue weighted by Gasteiger charge is 2.46. The van der Waals surface area contributed by atoms with Crippen molar-refractivity contribution in [3.05, 3.63) is 23.7 Å². The fourth-order valence-corrected chi connectivity index (χ4v) is 4.48. The largest absolute Gasteiger partial charge is 0.324 e. The van der Waals surface area contributed by atoms with E-state index in [1.54, 1.807) is 6.20 Å². The maximum absolute atomic E-state index is 12.3. The van der Waals surface area contributed by atoms with Crippen LogP contribution in [0.15, 0.2) is 23.7 Å². The lowest BCUT2D eigenvalue weighted by molar-refractivity contribution is 0.169. The van der Waals surface area contributed by atoms with Gasteiger partial charge in [0.15, 0.2) is 5.13 Å². The Balaban J connectivity index is 1.46. The maximum Gasteiger partial charge on any atom is 0.323 e. The summed E-state index contributed by atoms with van der Waals surface area (Å²) in [6.45, 7) is 1.82.